The minimum absolute atomic E-state index is 0.00711. The van der Waals surface area contributed by atoms with Crippen molar-refractivity contribution in [3.8, 4) is 5.75 Å². The van der Waals surface area contributed by atoms with Gasteiger partial charge in [-0.3, -0.25) is 0 Å². The van der Waals surface area contributed by atoms with Crippen molar-refractivity contribution in [2.45, 2.75) is 51.9 Å². The number of ether oxygens (including phenoxy) is 3. The molecule has 0 saturated carbocycles. The van der Waals surface area contributed by atoms with Gasteiger partial charge in [-0.1, -0.05) is 24.3 Å². The summed E-state index contributed by atoms with van der Waals surface area (Å²) in [6.45, 7) is 6.85. The molecule has 0 radical (unpaired) electrons. The number of benzene rings is 1. The summed E-state index contributed by atoms with van der Waals surface area (Å²) in [6.07, 6.45) is 5.28. The molecule has 0 unspecified atom stereocenters. The molecule has 1 heterocycles. The van der Waals surface area contributed by atoms with E-state index in [9.17, 15) is 9.90 Å². The fourth-order valence-electron chi connectivity index (χ4n) is 3.20. The van der Waals surface area contributed by atoms with Crippen LogP contribution in [0.1, 0.15) is 39.2 Å². The zero-order chi connectivity index (χ0) is 20.6. The second kappa shape index (κ2) is 10.5. The highest BCUT2D eigenvalue weighted by Crippen LogP contribution is 2.23. The zero-order valence-electron chi connectivity index (χ0n) is 17.4. The second-order valence-electron chi connectivity index (χ2n) is 8.04. The summed E-state index contributed by atoms with van der Waals surface area (Å²) in [6, 6.07) is 7.40. The Morgan fingerprint density at radius 3 is 2.54 bits per heavy atom. The van der Waals surface area contributed by atoms with Crippen LogP contribution in [0.5, 0.6) is 5.75 Å². The minimum Gasteiger partial charge on any atom is -0.497 e. The topological polar surface area (TPSA) is 68.2 Å². The van der Waals surface area contributed by atoms with Crippen LogP contribution in [-0.4, -0.2) is 54.6 Å². The van der Waals surface area contributed by atoms with Gasteiger partial charge in [-0.25, -0.2) is 4.79 Å². The number of aliphatic hydroxyl groups excluding tert-OH is 1. The van der Waals surface area contributed by atoms with Gasteiger partial charge in [0, 0.05) is 12.5 Å². The normalized spacial score (nSPS) is 21.5. The van der Waals surface area contributed by atoms with Crippen molar-refractivity contribution in [1.29, 1.82) is 0 Å². The fraction of sp³-hybridized carbons (Fsp3) is 0.591. The number of carbonyl (C=O) groups is 1. The number of carbonyl (C=O) groups excluding carboxylic acids is 1. The lowest BCUT2D eigenvalue weighted by molar-refractivity contribution is -0.0143. The quantitative estimate of drug-likeness (QED) is 0.748. The van der Waals surface area contributed by atoms with Crippen LogP contribution in [0.25, 0.3) is 0 Å². The highest BCUT2D eigenvalue weighted by atomic mass is 16.6. The van der Waals surface area contributed by atoms with E-state index in [1.807, 2.05) is 45.0 Å². The van der Waals surface area contributed by atoms with Crippen molar-refractivity contribution in [3.05, 3.63) is 42.0 Å². The molecule has 2 atom stereocenters. The first-order valence-corrected chi connectivity index (χ1v) is 9.80. The SMILES string of the molecule is COc1ccc(COC[C@@H]2C/C=C\CCN(C(=O)OC(C)(C)C)[C@@H]2CO)cc1. The molecule has 6 nitrogen and oxygen atoms in total. The van der Waals surface area contributed by atoms with Gasteiger partial charge in [0.05, 0.1) is 33.0 Å². The zero-order valence-corrected chi connectivity index (χ0v) is 17.4. The van der Waals surface area contributed by atoms with E-state index < -0.39 is 5.60 Å². The molecular formula is C22H33NO5. The number of rotatable bonds is 6. The van der Waals surface area contributed by atoms with Gasteiger partial charge in [0.25, 0.3) is 0 Å². The monoisotopic (exact) mass is 391 g/mol. The number of amides is 1. The third-order valence-electron chi connectivity index (χ3n) is 4.66. The van der Waals surface area contributed by atoms with Crippen LogP contribution in [-0.2, 0) is 16.1 Å². The van der Waals surface area contributed by atoms with Gasteiger partial charge in [0.15, 0.2) is 0 Å². The molecule has 1 amide bonds. The third-order valence-corrected chi connectivity index (χ3v) is 4.66. The molecule has 1 aromatic rings. The molecule has 156 valence electrons. The van der Waals surface area contributed by atoms with E-state index in [-0.39, 0.29) is 24.7 Å². The fourth-order valence-corrected chi connectivity index (χ4v) is 3.20. The molecule has 0 aromatic heterocycles. The van der Waals surface area contributed by atoms with Gasteiger partial charge in [-0.15, -0.1) is 0 Å². The number of allylic oxidation sites excluding steroid dienone is 1. The average molecular weight is 392 g/mol. The van der Waals surface area contributed by atoms with Crippen molar-refractivity contribution in [3.63, 3.8) is 0 Å². The number of methoxy groups -OCH3 is 1. The summed E-state index contributed by atoms with van der Waals surface area (Å²) in [5.41, 5.74) is 0.474. The van der Waals surface area contributed by atoms with Gasteiger partial charge >= 0.3 is 6.09 Å². The van der Waals surface area contributed by atoms with Crippen LogP contribution in [0.15, 0.2) is 36.4 Å². The maximum atomic E-state index is 12.7. The van der Waals surface area contributed by atoms with Crippen molar-refractivity contribution >= 4 is 6.09 Å². The lowest BCUT2D eigenvalue weighted by Gasteiger charge is -2.37. The van der Waals surface area contributed by atoms with Crippen LogP contribution in [0.2, 0.25) is 0 Å². The van der Waals surface area contributed by atoms with Gasteiger partial charge in [-0.05, 0) is 51.3 Å². The van der Waals surface area contributed by atoms with Crippen molar-refractivity contribution in [2.75, 3.05) is 26.9 Å². The lowest BCUT2D eigenvalue weighted by Crippen LogP contribution is -2.50. The molecule has 1 N–H and O–H groups in total. The van der Waals surface area contributed by atoms with E-state index in [4.69, 9.17) is 14.2 Å². The molecule has 6 heteroatoms. The second-order valence-corrected chi connectivity index (χ2v) is 8.04. The summed E-state index contributed by atoms with van der Waals surface area (Å²) >= 11 is 0. The number of hydrogen-bond donors (Lipinski definition) is 1. The largest absolute Gasteiger partial charge is 0.497 e. The van der Waals surface area contributed by atoms with Gasteiger partial charge in [-0.2, -0.15) is 0 Å². The Morgan fingerprint density at radius 1 is 1.21 bits per heavy atom. The Bertz CT molecular complexity index is 635. The molecule has 1 aliphatic rings. The van der Waals surface area contributed by atoms with Crippen molar-refractivity contribution in [2.24, 2.45) is 5.92 Å². The molecule has 2 rings (SSSR count). The van der Waals surface area contributed by atoms with Crippen LogP contribution in [0.4, 0.5) is 4.79 Å². The smallest absolute Gasteiger partial charge is 0.410 e. The van der Waals surface area contributed by atoms with Crippen molar-refractivity contribution in [1.82, 2.24) is 4.90 Å². The lowest BCUT2D eigenvalue weighted by atomic mass is 9.94. The van der Waals surface area contributed by atoms with E-state index in [0.29, 0.717) is 19.8 Å². The predicted octanol–water partition coefficient (Wildman–Crippen LogP) is 3.78. The molecule has 28 heavy (non-hydrogen) atoms. The first-order valence-electron chi connectivity index (χ1n) is 9.80. The molecule has 0 spiro atoms. The molecule has 1 aromatic carbocycles. The summed E-state index contributed by atoms with van der Waals surface area (Å²) < 4.78 is 16.6. The van der Waals surface area contributed by atoms with Crippen LogP contribution < -0.4 is 4.74 Å². The Balaban J connectivity index is 2.01. The molecule has 0 saturated heterocycles. The maximum absolute atomic E-state index is 12.7. The molecule has 0 fully saturated rings. The first kappa shape index (κ1) is 22.2. The average Bonchev–Trinajstić information content (AvgIpc) is 2.62. The Labute approximate surface area is 168 Å². The highest BCUT2D eigenvalue weighted by Gasteiger charge is 2.33. The van der Waals surface area contributed by atoms with Crippen molar-refractivity contribution < 1.29 is 24.1 Å². The van der Waals surface area contributed by atoms with E-state index in [1.54, 1.807) is 12.0 Å². The van der Waals surface area contributed by atoms with Gasteiger partial charge in [0.2, 0.25) is 0 Å². The minimum atomic E-state index is -0.574. The third kappa shape index (κ3) is 6.84. The van der Waals surface area contributed by atoms with Crippen LogP contribution >= 0.6 is 0 Å². The molecule has 1 aliphatic heterocycles. The van der Waals surface area contributed by atoms with Crippen LogP contribution in [0, 0.1) is 5.92 Å². The van der Waals surface area contributed by atoms with E-state index in [1.165, 1.54) is 0 Å². The standard InChI is InChI=1S/C22H33NO5/c1-22(2,3)28-21(25)23-13-7-5-6-8-18(20(23)14-24)16-27-15-17-9-11-19(26-4)12-10-17/h5-6,9-12,18,20,24H,7-8,13-16H2,1-4H3/b6-5-/t18-,20+/m0/s1. The van der Waals surface area contributed by atoms with Gasteiger partial charge < -0.3 is 24.2 Å². The molecule has 0 bridgehead atoms. The summed E-state index contributed by atoms with van der Waals surface area (Å²) in [7, 11) is 1.64. The summed E-state index contributed by atoms with van der Waals surface area (Å²) in [5, 5.41) is 10.0. The predicted molar refractivity (Wildman–Crippen MR) is 108 cm³/mol. The molecular weight excluding hydrogens is 358 g/mol. The highest BCUT2D eigenvalue weighted by molar-refractivity contribution is 5.68. The van der Waals surface area contributed by atoms with E-state index >= 15 is 0 Å². The number of hydrogen-bond acceptors (Lipinski definition) is 5. The Hall–Kier alpha value is -2.05. The Kier molecular flexibility index (Phi) is 8.33. The van der Waals surface area contributed by atoms with E-state index in [2.05, 4.69) is 12.2 Å². The maximum Gasteiger partial charge on any atom is 0.410 e. The number of aliphatic hydroxyl groups is 1. The van der Waals surface area contributed by atoms with Gasteiger partial charge in [0.1, 0.15) is 11.4 Å². The van der Waals surface area contributed by atoms with E-state index in [0.717, 1.165) is 24.2 Å². The summed E-state index contributed by atoms with van der Waals surface area (Å²) in [5.74, 6) is 0.801. The molecule has 0 aliphatic carbocycles. The first-order chi connectivity index (χ1) is 13.3. The number of nitrogens with zero attached hydrogens (tertiary/aromatic N) is 1. The Morgan fingerprint density at radius 2 is 1.93 bits per heavy atom. The summed E-state index contributed by atoms with van der Waals surface area (Å²) in [4.78, 5) is 14.3. The van der Waals surface area contributed by atoms with Crippen LogP contribution in [0.3, 0.4) is 0 Å².